The van der Waals surface area contributed by atoms with Gasteiger partial charge >= 0.3 is 5.97 Å². The van der Waals surface area contributed by atoms with Gasteiger partial charge in [0.2, 0.25) is 5.91 Å². The van der Waals surface area contributed by atoms with Crippen molar-refractivity contribution in [3.63, 3.8) is 0 Å². The van der Waals surface area contributed by atoms with Crippen molar-refractivity contribution < 1.29 is 14.7 Å². The van der Waals surface area contributed by atoms with Crippen LogP contribution >= 0.6 is 11.8 Å². The van der Waals surface area contributed by atoms with Gasteiger partial charge in [-0.3, -0.25) is 9.59 Å². The van der Waals surface area contributed by atoms with Gasteiger partial charge in [-0.15, -0.1) is 11.8 Å². The summed E-state index contributed by atoms with van der Waals surface area (Å²) in [6, 6.07) is 7.99. The largest absolute Gasteiger partial charge is 0.481 e. The van der Waals surface area contributed by atoms with Gasteiger partial charge in [0.25, 0.3) is 0 Å². The minimum Gasteiger partial charge on any atom is -0.481 e. The summed E-state index contributed by atoms with van der Waals surface area (Å²) >= 11 is 1.71. The Labute approximate surface area is 123 Å². The topological polar surface area (TPSA) is 66.4 Å². The van der Waals surface area contributed by atoms with E-state index in [0.29, 0.717) is 19.4 Å². The first-order valence-electron chi connectivity index (χ1n) is 6.82. The van der Waals surface area contributed by atoms with Crippen LogP contribution in [0.1, 0.15) is 31.2 Å². The minimum atomic E-state index is -0.780. The van der Waals surface area contributed by atoms with Crippen molar-refractivity contribution in [2.24, 2.45) is 5.92 Å². The maximum Gasteiger partial charge on any atom is 0.306 e. The van der Waals surface area contributed by atoms with Gasteiger partial charge in [0, 0.05) is 17.2 Å². The Kier molecular flexibility index (Phi) is 5.06. The molecule has 0 radical (unpaired) electrons. The SMILES string of the molecule is CC(CCCNC(=O)C1CSc2ccccc21)C(=O)O. The van der Waals surface area contributed by atoms with Crippen molar-refractivity contribution in [1.29, 1.82) is 0 Å². The number of thioether (sulfide) groups is 1. The van der Waals surface area contributed by atoms with Crippen LogP contribution in [0.4, 0.5) is 0 Å². The van der Waals surface area contributed by atoms with Gasteiger partial charge < -0.3 is 10.4 Å². The Balaban J connectivity index is 1.78. The fraction of sp³-hybridized carbons (Fsp3) is 0.467. The van der Waals surface area contributed by atoms with Crippen LogP contribution in [0.25, 0.3) is 0 Å². The highest BCUT2D eigenvalue weighted by molar-refractivity contribution is 7.99. The second-order valence-corrected chi connectivity index (χ2v) is 6.14. The molecule has 0 aromatic heterocycles. The Morgan fingerprint density at radius 3 is 2.95 bits per heavy atom. The van der Waals surface area contributed by atoms with E-state index in [0.717, 1.165) is 11.3 Å². The summed E-state index contributed by atoms with van der Waals surface area (Å²) in [7, 11) is 0. The fourth-order valence-electron chi connectivity index (χ4n) is 2.25. The summed E-state index contributed by atoms with van der Waals surface area (Å²) in [5, 5.41) is 11.7. The van der Waals surface area contributed by atoms with Crippen LogP contribution in [0.15, 0.2) is 29.2 Å². The summed E-state index contributed by atoms with van der Waals surface area (Å²) in [5.41, 5.74) is 1.11. The van der Waals surface area contributed by atoms with Crippen molar-refractivity contribution in [2.45, 2.75) is 30.6 Å². The summed E-state index contributed by atoms with van der Waals surface area (Å²) in [4.78, 5) is 24.0. The summed E-state index contributed by atoms with van der Waals surface area (Å²) < 4.78 is 0. The molecule has 1 heterocycles. The molecule has 0 saturated heterocycles. The summed E-state index contributed by atoms with van der Waals surface area (Å²) in [6.07, 6.45) is 1.28. The van der Waals surface area contributed by atoms with Gasteiger partial charge in [0.15, 0.2) is 0 Å². The van der Waals surface area contributed by atoms with Crippen molar-refractivity contribution in [1.82, 2.24) is 5.32 Å². The quantitative estimate of drug-likeness (QED) is 0.791. The average molecular weight is 293 g/mol. The molecule has 0 aliphatic carbocycles. The Morgan fingerprint density at radius 2 is 2.20 bits per heavy atom. The number of rotatable bonds is 6. The van der Waals surface area contributed by atoms with Gasteiger partial charge in [-0.1, -0.05) is 25.1 Å². The van der Waals surface area contributed by atoms with Gasteiger partial charge in [-0.25, -0.2) is 0 Å². The third-order valence-electron chi connectivity index (χ3n) is 3.55. The normalized spacial score (nSPS) is 18.4. The zero-order valence-corrected chi connectivity index (χ0v) is 12.3. The third-order valence-corrected chi connectivity index (χ3v) is 4.73. The lowest BCUT2D eigenvalue weighted by Gasteiger charge is -2.12. The van der Waals surface area contributed by atoms with E-state index in [-0.39, 0.29) is 17.7 Å². The number of benzene rings is 1. The van der Waals surface area contributed by atoms with Crippen LogP contribution in [0, 0.1) is 5.92 Å². The molecular formula is C15H19NO3S. The lowest BCUT2D eigenvalue weighted by Crippen LogP contribution is -2.30. The van der Waals surface area contributed by atoms with Gasteiger partial charge in [-0.05, 0) is 24.5 Å². The molecule has 2 atom stereocenters. The monoisotopic (exact) mass is 293 g/mol. The van der Waals surface area contributed by atoms with Crippen LogP contribution in [0.3, 0.4) is 0 Å². The highest BCUT2D eigenvalue weighted by atomic mass is 32.2. The van der Waals surface area contributed by atoms with Crippen LogP contribution in [-0.4, -0.2) is 29.3 Å². The van der Waals surface area contributed by atoms with Crippen molar-refractivity contribution in [3.8, 4) is 0 Å². The molecule has 108 valence electrons. The fourth-order valence-corrected chi connectivity index (χ4v) is 3.48. The first-order chi connectivity index (χ1) is 9.59. The third kappa shape index (κ3) is 3.54. The van der Waals surface area contributed by atoms with Crippen molar-refractivity contribution >= 4 is 23.6 Å². The van der Waals surface area contributed by atoms with Crippen LogP contribution in [0.2, 0.25) is 0 Å². The minimum absolute atomic E-state index is 0.0467. The van der Waals surface area contributed by atoms with Gasteiger partial charge in [0.1, 0.15) is 0 Å². The molecule has 0 saturated carbocycles. The number of hydrogen-bond donors (Lipinski definition) is 2. The molecule has 4 nitrogen and oxygen atoms in total. The van der Waals surface area contributed by atoms with E-state index >= 15 is 0 Å². The molecule has 0 spiro atoms. The average Bonchev–Trinajstić information content (AvgIpc) is 2.87. The standard InChI is InChI=1S/C15H19NO3S/c1-10(15(18)19)5-4-8-16-14(17)12-9-20-13-7-3-2-6-11(12)13/h2-3,6-7,10,12H,4-5,8-9H2,1H3,(H,16,17)(H,18,19). The van der Waals surface area contributed by atoms with Crippen molar-refractivity contribution in [2.75, 3.05) is 12.3 Å². The molecule has 5 heteroatoms. The Morgan fingerprint density at radius 1 is 1.45 bits per heavy atom. The van der Waals surface area contributed by atoms with Gasteiger partial charge in [-0.2, -0.15) is 0 Å². The molecule has 20 heavy (non-hydrogen) atoms. The number of aliphatic carboxylic acids is 1. The predicted octanol–water partition coefficient (Wildman–Crippen LogP) is 2.49. The molecule has 1 aromatic carbocycles. The molecular weight excluding hydrogens is 274 g/mol. The number of hydrogen-bond acceptors (Lipinski definition) is 3. The lowest BCUT2D eigenvalue weighted by molar-refractivity contribution is -0.141. The van der Waals surface area contributed by atoms with E-state index in [4.69, 9.17) is 5.11 Å². The molecule has 0 fully saturated rings. The highest BCUT2D eigenvalue weighted by Crippen LogP contribution is 2.39. The zero-order valence-electron chi connectivity index (χ0n) is 11.5. The molecule has 2 N–H and O–H groups in total. The van der Waals surface area contributed by atoms with E-state index in [9.17, 15) is 9.59 Å². The second-order valence-electron chi connectivity index (χ2n) is 5.07. The number of carboxylic acid groups (broad SMARTS) is 1. The molecule has 1 aliphatic heterocycles. The molecule has 0 bridgehead atoms. The van der Waals surface area contributed by atoms with E-state index < -0.39 is 5.97 Å². The number of carbonyl (C=O) groups is 2. The number of carboxylic acids is 1. The first-order valence-corrected chi connectivity index (χ1v) is 7.80. The Bertz CT molecular complexity index is 504. The van der Waals surface area contributed by atoms with Crippen molar-refractivity contribution in [3.05, 3.63) is 29.8 Å². The molecule has 2 rings (SSSR count). The van der Waals surface area contributed by atoms with Gasteiger partial charge in [0.05, 0.1) is 11.8 Å². The maximum absolute atomic E-state index is 12.1. The number of fused-ring (bicyclic) bond motifs is 1. The van der Waals surface area contributed by atoms with E-state index in [1.54, 1.807) is 18.7 Å². The van der Waals surface area contributed by atoms with E-state index in [1.807, 2.05) is 24.3 Å². The lowest BCUT2D eigenvalue weighted by atomic mass is 10.0. The highest BCUT2D eigenvalue weighted by Gasteiger charge is 2.28. The molecule has 2 unspecified atom stereocenters. The van der Waals surface area contributed by atoms with Crippen LogP contribution < -0.4 is 5.32 Å². The molecule has 1 aliphatic rings. The Hall–Kier alpha value is -1.49. The molecule has 1 amide bonds. The first kappa shape index (κ1) is 14.9. The predicted molar refractivity (Wildman–Crippen MR) is 79.0 cm³/mol. The number of amides is 1. The maximum atomic E-state index is 12.1. The smallest absolute Gasteiger partial charge is 0.306 e. The van der Waals surface area contributed by atoms with Crippen LogP contribution in [-0.2, 0) is 9.59 Å². The number of nitrogens with one attached hydrogen (secondary N) is 1. The second kappa shape index (κ2) is 6.79. The zero-order chi connectivity index (χ0) is 14.5. The summed E-state index contributed by atoms with van der Waals surface area (Å²) in [6.45, 7) is 2.23. The van der Waals surface area contributed by atoms with E-state index in [1.165, 1.54) is 4.90 Å². The number of carbonyl (C=O) groups excluding carboxylic acids is 1. The summed E-state index contributed by atoms with van der Waals surface area (Å²) in [5.74, 6) is -0.373. The van der Waals surface area contributed by atoms with E-state index in [2.05, 4.69) is 5.32 Å². The van der Waals surface area contributed by atoms with Crippen LogP contribution in [0.5, 0.6) is 0 Å². The molecule has 1 aromatic rings.